The second-order valence-corrected chi connectivity index (χ2v) is 10.9. The van der Waals surface area contributed by atoms with E-state index in [-0.39, 0.29) is 5.82 Å². The van der Waals surface area contributed by atoms with Crippen LogP contribution in [0.4, 0.5) is 4.39 Å². The molecule has 0 N–H and O–H groups in total. The summed E-state index contributed by atoms with van der Waals surface area (Å²) in [6, 6.07) is 21.8. The number of halogens is 1. The Morgan fingerprint density at radius 3 is 2.54 bits per heavy atom. The highest BCUT2D eigenvalue weighted by Crippen LogP contribution is 2.36. The highest BCUT2D eigenvalue weighted by atomic mass is 19.1. The highest BCUT2D eigenvalue weighted by Gasteiger charge is 2.29. The Balaban J connectivity index is 1.07. The van der Waals surface area contributed by atoms with Crippen LogP contribution in [0.1, 0.15) is 48.7 Å². The van der Waals surface area contributed by atoms with Crippen molar-refractivity contribution in [1.29, 1.82) is 0 Å². The fraction of sp³-hybridized carbons (Fsp3) is 0.355. The molecule has 1 aliphatic carbocycles. The van der Waals surface area contributed by atoms with Crippen molar-refractivity contribution in [3.8, 4) is 5.69 Å². The first-order valence-corrected chi connectivity index (χ1v) is 13.5. The first kappa shape index (κ1) is 22.7. The minimum absolute atomic E-state index is 0.248. The summed E-state index contributed by atoms with van der Waals surface area (Å²) in [5.41, 5.74) is 6.47. The SMILES string of the molecule is Cc1nn(-c2cccc(F)c2)c2ccc(CN3CCC(c4nc5ccccc5n4CC4CC4)CC3)cc12. The predicted octanol–water partition coefficient (Wildman–Crippen LogP) is 6.61. The lowest BCUT2D eigenvalue weighted by molar-refractivity contribution is 0.200. The lowest BCUT2D eigenvalue weighted by atomic mass is 9.95. The average molecular weight is 494 g/mol. The molecule has 6 heteroatoms. The fourth-order valence-electron chi connectivity index (χ4n) is 5.98. The third kappa shape index (κ3) is 4.33. The van der Waals surface area contributed by atoms with Crippen molar-refractivity contribution >= 4 is 21.9 Å². The maximum atomic E-state index is 13.8. The molecule has 1 aliphatic heterocycles. The summed E-state index contributed by atoms with van der Waals surface area (Å²) in [7, 11) is 0. The molecule has 0 bridgehead atoms. The van der Waals surface area contributed by atoms with E-state index in [1.807, 2.05) is 17.7 Å². The third-order valence-corrected chi connectivity index (χ3v) is 8.16. The molecule has 37 heavy (non-hydrogen) atoms. The standard InChI is InChI=1S/C31H32FN5/c1-21-27-17-23(11-12-29(27)37(34-21)26-6-4-5-25(32)18-26)19-35-15-13-24(14-16-35)31-33-28-7-2-3-8-30(28)36(31)20-22-9-10-22/h2-8,11-12,17-18,22,24H,9-10,13-16,19-20H2,1H3. The van der Waals surface area contributed by atoms with Crippen molar-refractivity contribution in [2.75, 3.05) is 13.1 Å². The summed E-state index contributed by atoms with van der Waals surface area (Å²) in [6.07, 6.45) is 5.00. The topological polar surface area (TPSA) is 38.9 Å². The zero-order chi connectivity index (χ0) is 24.9. The lowest BCUT2D eigenvalue weighted by Crippen LogP contribution is -2.33. The van der Waals surface area contributed by atoms with Gasteiger partial charge in [0.15, 0.2) is 0 Å². The Kier molecular flexibility index (Phi) is 5.58. The molecule has 188 valence electrons. The van der Waals surface area contributed by atoms with Gasteiger partial charge in [0.1, 0.15) is 11.6 Å². The molecule has 2 aliphatic rings. The van der Waals surface area contributed by atoms with Crippen LogP contribution in [0.25, 0.3) is 27.6 Å². The van der Waals surface area contributed by atoms with Crippen LogP contribution in [0, 0.1) is 18.7 Å². The molecule has 2 fully saturated rings. The Hall–Kier alpha value is -3.51. The number of rotatable bonds is 6. The van der Waals surface area contributed by atoms with Gasteiger partial charge < -0.3 is 4.57 Å². The van der Waals surface area contributed by atoms with E-state index in [4.69, 9.17) is 10.1 Å². The molecule has 0 atom stereocenters. The number of nitrogens with zero attached hydrogens (tertiary/aromatic N) is 5. The Morgan fingerprint density at radius 2 is 1.73 bits per heavy atom. The monoisotopic (exact) mass is 493 g/mol. The van der Waals surface area contributed by atoms with Crippen LogP contribution in [0.15, 0.2) is 66.7 Å². The summed E-state index contributed by atoms with van der Waals surface area (Å²) in [6.45, 7) is 6.25. The average Bonchev–Trinajstić information content (AvgIpc) is 3.58. The largest absolute Gasteiger partial charge is 0.327 e. The molecule has 0 amide bonds. The van der Waals surface area contributed by atoms with E-state index in [1.165, 1.54) is 41.9 Å². The van der Waals surface area contributed by atoms with Crippen molar-refractivity contribution in [2.24, 2.45) is 5.92 Å². The normalized spacial score (nSPS) is 17.2. The summed E-state index contributed by atoms with van der Waals surface area (Å²) in [5.74, 6) is 2.41. The van der Waals surface area contributed by atoms with Crippen molar-refractivity contribution in [3.05, 3.63) is 89.6 Å². The van der Waals surface area contributed by atoms with Crippen molar-refractivity contribution in [1.82, 2.24) is 24.2 Å². The van der Waals surface area contributed by atoms with E-state index in [1.54, 1.807) is 6.07 Å². The lowest BCUT2D eigenvalue weighted by Gasteiger charge is -2.32. The molecule has 3 heterocycles. The number of hydrogen-bond acceptors (Lipinski definition) is 3. The van der Waals surface area contributed by atoms with E-state index < -0.39 is 0 Å². The number of aryl methyl sites for hydroxylation is 1. The van der Waals surface area contributed by atoms with Gasteiger partial charge >= 0.3 is 0 Å². The van der Waals surface area contributed by atoms with Crippen molar-refractivity contribution in [3.63, 3.8) is 0 Å². The van der Waals surface area contributed by atoms with E-state index in [2.05, 4.69) is 51.9 Å². The second kappa shape index (κ2) is 9.10. The fourth-order valence-corrected chi connectivity index (χ4v) is 5.98. The Bertz CT molecular complexity index is 1590. The zero-order valence-corrected chi connectivity index (χ0v) is 21.3. The molecule has 5 nitrogen and oxygen atoms in total. The number of aromatic nitrogens is 4. The second-order valence-electron chi connectivity index (χ2n) is 10.9. The summed E-state index contributed by atoms with van der Waals surface area (Å²) in [4.78, 5) is 7.68. The zero-order valence-electron chi connectivity index (χ0n) is 21.3. The minimum Gasteiger partial charge on any atom is -0.327 e. The molecule has 3 aromatic carbocycles. The maximum Gasteiger partial charge on any atom is 0.125 e. The van der Waals surface area contributed by atoms with E-state index in [0.29, 0.717) is 5.92 Å². The molecule has 0 spiro atoms. The number of fused-ring (bicyclic) bond motifs is 2. The third-order valence-electron chi connectivity index (χ3n) is 8.16. The van der Waals surface area contributed by atoms with Gasteiger partial charge in [0.05, 0.1) is 27.9 Å². The van der Waals surface area contributed by atoms with Gasteiger partial charge in [-0.1, -0.05) is 24.3 Å². The molecular formula is C31H32FN5. The molecule has 2 aromatic heterocycles. The van der Waals surface area contributed by atoms with E-state index in [0.717, 1.165) is 72.7 Å². The Morgan fingerprint density at radius 1 is 0.892 bits per heavy atom. The van der Waals surface area contributed by atoms with Gasteiger partial charge in [0, 0.05) is 24.4 Å². The number of imidazole rings is 1. The van der Waals surface area contributed by atoms with Crippen LogP contribution in [0.3, 0.4) is 0 Å². The number of benzene rings is 3. The van der Waals surface area contributed by atoms with Gasteiger partial charge in [-0.25, -0.2) is 14.1 Å². The number of piperidine rings is 1. The van der Waals surface area contributed by atoms with Gasteiger partial charge in [-0.3, -0.25) is 4.90 Å². The first-order chi connectivity index (χ1) is 18.1. The van der Waals surface area contributed by atoms with Crippen LogP contribution in [0.2, 0.25) is 0 Å². The van der Waals surface area contributed by atoms with Gasteiger partial charge in [-0.15, -0.1) is 0 Å². The van der Waals surface area contributed by atoms with Gasteiger partial charge in [-0.05, 0) is 99.6 Å². The van der Waals surface area contributed by atoms with Crippen molar-refractivity contribution < 1.29 is 4.39 Å². The minimum atomic E-state index is -0.248. The summed E-state index contributed by atoms with van der Waals surface area (Å²) < 4.78 is 18.2. The molecule has 0 unspecified atom stereocenters. The summed E-state index contributed by atoms with van der Waals surface area (Å²) >= 11 is 0. The Labute approximate surface area is 216 Å². The van der Waals surface area contributed by atoms with Gasteiger partial charge in [-0.2, -0.15) is 5.10 Å². The van der Waals surface area contributed by atoms with E-state index in [9.17, 15) is 4.39 Å². The predicted molar refractivity (Wildman–Crippen MR) is 145 cm³/mol. The van der Waals surface area contributed by atoms with Gasteiger partial charge in [0.25, 0.3) is 0 Å². The van der Waals surface area contributed by atoms with Crippen LogP contribution < -0.4 is 0 Å². The smallest absolute Gasteiger partial charge is 0.125 e. The van der Waals surface area contributed by atoms with Crippen molar-refractivity contribution in [2.45, 2.75) is 51.6 Å². The molecular weight excluding hydrogens is 461 g/mol. The van der Waals surface area contributed by atoms with E-state index >= 15 is 0 Å². The first-order valence-electron chi connectivity index (χ1n) is 13.5. The van der Waals surface area contributed by atoms with Crippen LogP contribution in [-0.4, -0.2) is 37.3 Å². The molecule has 1 saturated heterocycles. The maximum absolute atomic E-state index is 13.8. The molecule has 7 rings (SSSR count). The quantitative estimate of drug-likeness (QED) is 0.267. The number of para-hydroxylation sites is 2. The number of hydrogen-bond donors (Lipinski definition) is 0. The van der Waals surface area contributed by atoms with Crippen LogP contribution >= 0.6 is 0 Å². The highest BCUT2D eigenvalue weighted by molar-refractivity contribution is 5.84. The molecule has 0 radical (unpaired) electrons. The van der Waals surface area contributed by atoms with Crippen LogP contribution in [0.5, 0.6) is 0 Å². The summed E-state index contributed by atoms with van der Waals surface area (Å²) in [5, 5.41) is 5.84. The van der Waals surface area contributed by atoms with Crippen LogP contribution in [-0.2, 0) is 13.1 Å². The molecule has 1 saturated carbocycles. The number of likely N-dealkylation sites (tertiary alicyclic amines) is 1. The van der Waals surface area contributed by atoms with Gasteiger partial charge in [0.2, 0.25) is 0 Å². The molecule has 5 aromatic rings.